The van der Waals surface area contributed by atoms with Crippen LogP contribution in [0.25, 0.3) is 0 Å². The zero-order chi connectivity index (χ0) is 15.6. The lowest BCUT2D eigenvalue weighted by molar-refractivity contribution is 0.310. The van der Waals surface area contributed by atoms with Gasteiger partial charge in [-0.1, -0.05) is 27.5 Å². The van der Waals surface area contributed by atoms with Crippen molar-refractivity contribution in [1.29, 1.82) is 0 Å². The molecule has 21 heavy (non-hydrogen) atoms. The molecule has 0 fully saturated rings. The minimum absolute atomic E-state index is 0.0454. The van der Waals surface area contributed by atoms with Crippen LogP contribution in [0.2, 0.25) is 5.02 Å². The SMILES string of the molecule is Cn1ccnc1CCOc1c(Cl)cc(Br)cc1S(=O)(=O)Cl. The summed E-state index contributed by atoms with van der Waals surface area (Å²) in [6, 6.07) is 2.90. The minimum atomic E-state index is -3.96. The van der Waals surface area contributed by atoms with Crippen molar-refractivity contribution in [1.82, 2.24) is 9.55 Å². The minimum Gasteiger partial charge on any atom is -0.490 e. The molecule has 5 nitrogen and oxygen atoms in total. The molecular weight excluding hydrogens is 403 g/mol. The number of nitrogens with zero attached hydrogens (tertiary/aromatic N) is 2. The predicted molar refractivity (Wildman–Crippen MR) is 84.6 cm³/mol. The molecule has 114 valence electrons. The maximum Gasteiger partial charge on any atom is 0.265 e. The smallest absolute Gasteiger partial charge is 0.265 e. The highest BCUT2D eigenvalue weighted by Crippen LogP contribution is 2.37. The summed E-state index contributed by atoms with van der Waals surface area (Å²) in [5.41, 5.74) is 0. The number of imidazole rings is 1. The molecule has 0 N–H and O–H groups in total. The zero-order valence-corrected chi connectivity index (χ0v) is 14.8. The van der Waals surface area contributed by atoms with E-state index in [2.05, 4.69) is 20.9 Å². The molecular formula is C12H11BrCl2N2O3S. The number of benzene rings is 1. The quantitative estimate of drug-likeness (QED) is 0.705. The zero-order valence-electron chi connectivity index (χ0n) is 10.9. The molecule has 0 atom stereocenters. The Kier molecular flexibility index (Phi) is 5.19. The summed E-state index contributed by atoms with van der Waals surface area (Å²) in [5, 5.41) is 0.170. The molecule has 0 spiro atoms. The molecule has 1 heterocycles. The van der Waals surface area contributed by atoms with Gasteiger partial charge in [0.25, 0.3) is 9.05 Å². The standard InChI is InChI=1S/C12H11BrCl2N2O3S/c1-17-4-3-16-11(17)2-5-20-12-9(14)6-8(13)7-10(12)21(15,18)19/h3-4,6-7H,2,5H2,1H3. The first-order valence-electron chi connectivity index (χ1n) is 5.81. The topological polar surface area (TPSA) is 61.2 Å². The van der Waals surface area contributed by atoms with Gasteiger partial charge in [0.2, 0.25) is 0 Å². The first kappa shape index (κ1) is 16.6. The van der Waals surface area contributed by atoms with Gasteiger partial charge in [-0.2, -0.15) is 0 Å². The molecule has 9 heteroatoms. The second-order valence-corrected chi connectivity index (χ2v) is 8.06. The average Bonchev–Trinajstić information content (AvgIpc) is 2.76. The summed E-state index contributed by atoms with van der Waals surface area (Å²) < 4.78 is 31.1. The van der Waals surface area contributed by atoms with E-state index in [4.69, 9.17) is 27.0 Å². The molecule has 0 saturated heterocycles. The summed E-state index contributed by atoms with van der Waals surface area (Å²) in [7, 11) is 3.31. The van der Waals surface area contributed by atoms with E-state index in [-0.39, 0.29) is 22.3 Å². The van der Waals surface area contributed by atoms with Gasteiger partial charge in [0.1, 0.15) is 10.7 Å². The van der Waals surface area contributed by atoms with Gasteiger partial charge in [0.05, 0.1) is 11.6 Å². The number of aryl methyl sites for hydroxylation is 1. The first-order valence-corrected chi connectivity index (χ1v) is 9.30. The third-order valence-corrected chi connectivity index (χ3v) is 4.80. The normalized spacial score (nSPS) is 11.6. The van der Waals surface area contributed by atoms with E-state index < -0.39 is 9.05 Å². The van der Waals surface area contributed by atoms with Crippen LogP contribution in [0.3, 0.4) is 0 Å². The van der Waals surface area contributed by atoms with Crippen LogP contribution in [0.4, 0.5) is 0 Å². The van der Waals surface area contributed by atoms with Crippen molar-refractivity contribution < 1.29 is 13.2 Å². The van der Waals surface area contributed by atoms with E-state index in [1.54, 1.807) is 12.3 Å². The Morgan fingerprint density at radius 2 is 2.14 bits per heavy atom. The van der Waals surface area contributed by atoms with Gasteiger partial charge in [-0.05, 0) is 12.1 Å². The van der Waals surface area contributed by atoms with Gasteiger partial charge in [-0.25, -0.2) is 13.4 Å². The molecule has 2 rings (SSSR count). The fraction of sp³-hybridized carbons (Fsp3) is 0.250. The fourth-order valence-corrected chi connectivity index (χ4v) is 3.81. The third kappa shape index (κ3) is 4.12. The molecule has 0 aliphatic carbocycles. The molecule has 0 amide bonds. The summed E-state index contributed by atoms with van der Waals surface area (Å²) in [5.74, 6) is 0.864. The van der Waals surface area contributed by atoms with E-state index in [1.807, 2.05) is 17.8 Å². The van der Waals surface area contributed by atoms with Crippen LogP contribution in [0.15, 0.2) is 33.9 Å². The van der Waals surface area contributed by atoms with E-state index in [0.717, 1.165) is 5.82 Å². The molecule has 1 aromatic heterocycles. The van der Waals surface area contributed by atoms with Gasteiger partial charge >= 0.3 is 0 Å². The largest absolute Gasteiger partial charge is 0.490 e. The van der Waals surface area contributed by atoms with Crippen LogP contribution in [0.1, 0.15) is 5.82 Å². The molecule has 0 aliphatic heterocycles. The van der Waals surface area contributed by atoms with Crippen LogP contribution >= 0.6 is 38.2 Å². The monoisotopic (exact) mass is 412 g/mol. The number of hydrogen-bond donors (Lipinski definition) is 0. The predicted octanol–water partition coefficient (Wildman–Crippen LogP) is 3.39. The van der Waals surface area contributed by atoms with E-state index in [0.29, 0.717) is 10.9 Å². The molecule has 2 aromatic rings. The van der Waals surface area contributed by atoms with Gasteiger partial charge in [0.15, 0.2) is 5.75 Å². The molecule has 0 unspecified atom stereocenters. The molecule has 0 aliphatic rings. The lowest BCUT2D eigenvalue weighted by Crippen LogP contribution is -2.08. The highest BCUT2D eigenvalue weighted by atomic mass is 79.9. The number of aromatic nitrogens is 2. The van der Waals surface area contributed by atoms with Crippen LogP contribution < -0.4 is 4.74 Å². The van der Waals surface area contributed by atoms with Gasteiger partial charge in [-0.3, -0.25) is 0 Å². The van der Waals surface area contributed by atoms with Crippen LogP contribution in [-0.4, -0.2) is 24.6 Å². The van der Waals surface area contributed by atoms with Crippen LogP contribution in [0, 0.1) is 0 Å². The molecule has 1 aromatic carbocycles. The van der Waals surface area contributed by atoms with Crippen molar-refractivity contribution in [3.05, 3.63) is 39.8 Å². The number of halogens is 3. The number of ether oxygens (including phenoxy) is 1. The second kappa shape index (κ2) is 6.56. The van der Waals surface area contributed by atoms with E-state index in [9.17, 15) is 8.42 Å². The van der Waals surface area contributed by atoms with Gasteiger partial charge < -0.3 is 9.30 Å². The summed E-state index contributed by atoms with van der Waals surface area (Å²) >= 11 is 9.21. The maximum absolute atomic E-state index is 11.6. The lowest BCUT2D eigenvalue weighted by Gasteiger charge is -2.12. The Labute approximate surface area is 140 Å². The number of hydrogen-bond acceptors (Lipinski definition) is 4. The Balaban J connectivity index is 2.22. The third-order valence-electron chi connectivity index (χ3n) is 2.73. The van der Waals surface area contributed by atoms with E-state index >= 15 is 0 Å². The summed E-state index contributed by atoms with van der Waals surface area (Å²) in [4.78, 5) is 3.99. The summed E-state index contributed by atoms with van der Waals surface area (Å²) in [6.07, 6.45) is 4.00. The van der Waals surface area contributed by atoms with Crippen molar-refractivity contribution in [2.75, 3.05) is 6.61 Å². The van der Waals surface area contributed by atoms with Gasteiger partial charge in [0, 0.05) is 41.0 Å². The Morgan fingerprint density at radius 3 is 2.71 bits per heavy atom. The first-order chi connectivity index (χ1) is 9.79. The fourth-order valence-electron chi connectivity index (χ4n) is 1.74. The molecule has 0 bridgehead atoms. The Bertz CT molecular complexity index is 762. The van der Waals surface area contributed by atoms with Crippen molar-refractivity contribution >= 4 is 47.3 Å². The van der Waals surface area contributed by atoms with Crippen molar-refractivity contribution in [3.8, 4) is 5.75 Å². The summed E-state index contributed by atoms with van der Waals surface area (Å²) in [6.45, 7) is 0.228. The second-order valence-electron chi connectivity index (χ2n) is 4.21. The molecule has 0 saturated carbocycles. The van der Waals surface area contributed by atoms with Crippen LogP contribution in [0.5, 0.6) is 5.75 Å². The van der Waals surface area contributed by atoms with Gasteiger partial charge in [-0.15, -0.1) is 0 Å². The van der Waals surface area contributed by atoms with Crippen molar-refractivity contribution in [2.24, 2.45) is 7.05 Å². The van der Waals surface area contributed by atoms with Crippen LogP contribution in [-0.2, 0) is 22.5 Å². The Morgan fingerprint density at radius 1 is 1.43 bits per heavy atom. The molecule has 0 radical (unpaired) electrons. The highest BCUT2D eigenvalue weighted by molar-refractivity contribution is 9.10. The maximum atomic E-state index is 11.6. The van der Waals surface area contributed by atoms with Crippen molar-refractivity contribution in [3.63, 3.8) is 0 Å². The lowest BCUT2D eigenvalue weighted by atomic mass is 10.3. The average molecular weight is 414 g/mol. The Hall–Kier alpha value is -0.760. The van der Waals surface area contributed by atoms with Crippen molar-refractivity contribution in [2.45, 2.75) is 11.3 Å². The highest BCUT2D eigenvalue weighted by Gasteiger charge is 2.21. The van der Waals surface area contributed by atoms with E-state index in [1.165, 1.54) is 6.07 Å². The number of rotatable bonds is 5.